The molecule has 1 aromatic heterocycles. The summed E-state index contributed by atoms with van der Waals surface area (Å²) in [6.45, 7) is 2.97. The van der Waals surface area contributed by atoms with Crippen molar-refractivity contribution in [2.24, 2.45) is 0 Å². The SMILES string of the molecule is CC(NC(=O)c1ccco1)c1cc2c(cc1Br)OCCO2. The van der Waals surface area contributed by atoms with Gasteiger partial charge in [-0.3, -0.25) is 4.79 Å². The zero-order valence-corrected chi connectivity index (χ0v) is 13.0. The summed E-state index contributed by atoms with van der Waals surface area (Å²) < 4.78 is 17.0. The zero-order valence-electron chi connectivity index (χ0n) is 11.4. The molecule has 1 unspecified atom stereocenters. The molecule has 0 aliphatic carbocycles. The van der Waals surface area contributed by atoms with E-state index in [1.54, 1.807) is 12.1 Å². The first-order valence-electron chi connectivity index (χ1n) is 6.58. The van der Waals surface area contributed by atoms with E-state index in [9.17, 15) is 4.79 Å². The van der Waals surface area contributed by atoms with Gasteiger partial charge in [-0.1, -0.05) is 15.9 Å². The summed E-state index contributed by atoms with van der Waals surface area (Å²) in [5, 5.41) is 2.89. The molecule has 1 aromatic carbocycles. The second-order valence-corrected chi connectivity index (χ2v) is 5.54. The monoisotopic (exact) mass is 351 g/mol. The first kappa shape index (κ1) is 14.0. The fourth-order valence-corrected chi connectivity index (χ4v) is 2.83. The van der Waals surface area contributed by atoms with Crippen molar-refractivity contribution in [3.63, 3.8) is 0 Å². The molecule has 1 aliphatic heterocycles. The van der Waals surface area contributed by atoms with Crippen LogP contribution >= 0.6 is 15.9 Å². The number of ether oxygens (including phenoxy) is 2. The lowest BCUT2D eigenvalue weighted by atomic mass is 10.1. The molecule has 0 bridgehead atoms. The van der Waals surface area contributed by atoms with Crippen LogP contribution in [-0.4, -0.2) is 19.1 Å². The van der Waals surface area contributed by atoms with Crippen LogP contribution in [0.5, 0.6) is 11.5 Å². The van der Waals surface area contributed by atoms with Crippen molar-refractivity contribution in [2.45, 2.75) is 13.0 Å². The highest BCUT2D eigenvalue weighted by molar-refractivity contribution is 9.10. The highest BCUT2D eigenvalue weighted by atomic mass is 79.9. The van der Waals surface area contributed by atoms with E-state index in [2.05, 4.69) is 21.2 Å². The second-order valence-electron chi connectivity index (χ2n) is 4.69. The smallest absolute Gasteiger partial charge is 0.287 e. The lowest BCUT2D eigenvalue weighted by molar-refractivity contribution is 0.0911. The molecule has 0 radical (unpaired) electrons. The average Bonchev–Trinajstić information content (AvgIpc) is 3.00. The Balaban J connectivity index is 1.81. The van der Waals surface area contributed by atoms with Crippen molar-refractivity contribution in [2.75, 3.05) is 13.2 Å². The number of furan rings is 1. The average molecular weight is 352 g/mol. The number of amides is 1. The second kappa shape index (κ2) is 5.81. The van der Waals surface area contributed by atoms with Gasteiger partial charge in [0, 0.05) is 4.47 Å². The summed E-state index contributed by atoms with van der Waals surface area (Å²) in [5.74, 6) is 1.43. The van der Waals surface area contributed by atoms with E-state index in [0.29, 0.717) is 24.7 Å². The molecule has 0 fully saturated rings. The Morgan fingerprint density at radius 1 is 1.29 bits per heavy atom. The Morgan fingerprint density at radius 2 is 2.00 bits per heavy atom. The predicted octanol–water partition coefficient (Wildman–Crippen LogP) is 3.30. The maximum atomic E-state index is 12.0. The van der Waals surface area contributed by atoms with Crippen LogP contribution in [0.2, 0.25) is 0 Å². The highest BCUT2D eigenvalue weighted by Crippen LogP contribution is 2.37. The molecule has 0 saturated heterocycles. The van der Waals surface area contributed by atoms with Crippen molar-refractivity contribution < 1.29 is 18.7 Å². The van der Waals surface area contributed by atoms with Crippen molar-refractivity contribution in [3.8, 4) is 11.5 Å². The van der Waals surface area contributed by atoms with Crippen molar-refractivity contribution >= 4 is 21.8 Å². The largest absolute Gasteiger partial charge is 0.486 e. The molecular weight excluding hydrogens is 338 g/mol. The van der Waals surface area contributed by atoms with Crippen LogP contribution in [0.15, 0.2) is 39.4 Å². The van der Waals surface area contributed by atoms with Crippen molar-refractivity contribution in [1.82, 2.24) is 5.32 Å². The number of carbonyl (C=O) groups excluding carboxylic acids is 1. The van der Waals surface area contributed by atoms with E-state index >= 15 is 0 Å². The van der Waals surface area contributed by atoms with E-state index in [1.165, 1.54) is 6.26 Å². The number of benzene rings is 1. The molecular formula is C15H14BrNO4. The third-order valence-electron chi connectivity index (χ3n) is 3.22. The quantitative estimate of drug-likeness (QED) is 0.921. The zero-order chi connectivity index (χ0) is 14.8. The molecule has 2 heterocycles. The van der Waals surface area contributed by atoms with Gasteiger partial charge in [0.25, 0.3) is 5.91 Å². The summed E-state index contributed by atoms with van der Waals surface area (Å²) >= 11 is 3.50. The Hall–Kier alpha value is -1.95. The lowest BCUT2D eigenvalue weighted by Crippen LogP contribution is -2.26. The summed E-state index contributed by atoms with van der Waals surface area (Å²) in [4.78, 5) is 12.0. The molecule has 1 N–H and O–H groups in total. The number of carbonyl (C=O) groups is 1. The summed E-state index contributed by atoms with van der Waals surface area (Å²) in [6.07, 6.45) is 1.47. The van der Waals surface area contributed by atoms with Crippen LogP contribution in [0.25, 0.3) is 0 Å². The Morgan fingerprint density at radius 3 is 2.67 bits per heavy atom. The molecule has 6 heteroatoms. The third kappa shape index (κ3) is 2.90. The number of halogens is 1. The van der Waals surface area contributed by atoms with Crippen molar-refractivity contribution in [3.05, 3.63) is 46.3 Å². The molecule has 2 aromatic rings. The van der Waals surface area contributed by atoms with Crippen LogP contribution in [0.1, 0.15) is 29.1 Å². The summed E-state index contributed by atoms with van der Waals surface area (Å²) in [5.41, 5.74) is 0.916. The number of fused-ring (bicyclic) bond motifs is 1. The van der Waals surface area contributed by atoms with E-state index < -0.39 is 0 Å². The highest BCUT2D eigenvalue weighted by Gasteiger charge is 2.20. The van der Waals surface area contributed by atoms with E-state index in [1.807, 2.05) is 19.1 Å². The molecule has 1 amide bonds. The van der Waals surface area contributed by atoms with Crippen LogP contribution in [0.4, 0.5) is 0 Å². The van der Waals surface area contributed by atoms with Gasteiger partial charge in [-0.2, -0.15) is 0 Å². The Bertz CT molecular complexity index is 654. The van der Waals surface area contributed by atoms with Gasteiger partial charge in [0.2, 0.25) is 0 Å². The van der Waals surface area contributed by atoms with E-state index in [4.69, 9.17) is 13.9 Å². The Kier molecular flexibility index (Phi) is 3.88. The van der Waals surface area contributed by atoms with Gasteiger partial charge >= 0.3 is 0 Å². The van der Waals surface area contributed by atoms with Crippen LogP contribution < -0.4 is 14.8 Å². The topological polar surface area (TPSA) is 60.7 Å². The molecule has 0 saturated carbocycles. The van der Waals surface area contributed by atoms with Gasteiger partial charge < -0.3 is 19.2 Å². The lowest BCUT2D eigenvalue weighted by Gasteiger charge is -2.22. The summed E-state index contributed by atoms with van der Waals surface area (Å²) in [6, 6.07) is 6.85. The molecule has 110 valence electrons. The normalized spacial score (nSPS) is 14.6. The van der Waals surface area contributed by atoms with Crippen LogP contribution in [0.3, 0.4) is 0 Å². The molecule has 0 spiro atoms. The summed E-state index contributed by atoms with van der Waals surface area (Å²) in [7, 11) is 0. The number of rotatable bonds is 3. The van der Waals surface area contributed by atoms with E-state index in [0.717, 1.165) is 10.0 Å². The van der Waals surface area contributed by atoms with Gasteiger partial charge in [-0.15, -0.1) is 0 Å². The number of nitrogens with one attached hydrogen (secondary N) is 1. The van der Waals surface area contributed by atoms with Gasteiger partial charge in [0.15, 0.2) is 17.3 Å². The van der Waals surface area contributed by atoms with Crippen LogP contribution in [0, 0.1) is 0 Å². The molecule has 21 heavy (non-hydrogen) atoms. The minimum atomic E-state index is -0.255. The fraction of sp³-hybridized carbons (Fsp3) is 0.267. The van der Waals surface area contributed by atoms with Gasteiger partial charge in [-0.05, 0) is 36.8 Å². The minimum absolute atomic E-state index is 0.201. The number of hydrogen-bond donors (Lipinski definition) is 1. The van der Waals surface area contributed by atoms with Crippen molar-refractivity contribution in [1.29, 1.82) is 0 Å². The molecule has 3 rings (SSSR count). The third-order valence-corrected chi connectivity index (χ3v) is 3.91. The fourth-order valence-electron chi connectivity index (χ4n) is 2.16. The Labute approximate surface area is 130 Å². The van der Waals surface area contributed by atoms with Gasteiger partial charge in [0.1, 0.15) is 13.2 Å². The van der Waals surface area contributed by atoms with Gasteiger partial charge in [-0.25, -0.2) is 0 Å². The van der Waals surface area contributed by atoms with Gasteiger partial charge in [0.05, 0.1) is 12.3 Å². The first-order chi connectivity index (χ1) is 10.1. The molecule has 1 aliphatic rings. The van der Waals surface area contributed by atoms with Crippen LogP contribution in [-0.2, 0) is 0 Å². The number of hydrogen-bond acceptors (Lipinski definition) is 4. The van der Waals surface area contributed by atoms with E-state index in [-0.39, 0.29) is 17.7 Å². The predicted molar refractivity (Wildman–Crippen MR) is 79.7 cm³/mol. The maximum Gasteiger partial charge on any atom is 0.287 e. The maximum absolute atomic E-state index is 12.0. The molecule has 5 nitrogen and oxygen atoms in total. The minimum Gasteiger partial charge on any atom is -0.486 e. The molecule has 1 atom stereocenters. The first-order valence-corrected chi connectivity index (χ1v) is 7.38. The standard InChI is InChI=1S/C15H14BrNO4/c1-9(17-15(18)12-3-2-4-19-12)10-7-13-14(8-11(10)16)21-6-5-20-13/h2-4,7-9H,5-6H2,1H3,(H,17,18).